The smallest absolute Gasteiger partial charge is 0.160 e. The second-order valence-electron chi connectivity index (χ2n) is 9.59. The second-order valence-corrected chi connectivity index (χ2v) is 9.59. The lowest BCUT2D eigenvalue weighted by Crippen LogP contribution is -1.97. The SMILES string of the molecule is C#CCCN=Cc1ccc(-c2cc(-c3cccc4ccccc34)nc(-c3ccc(C(=C)/C=C\C=C/C)cc3)n2)cc1. The van der Waals surface area contributed by atoms with Crippen molar-refractivity contribution in [3.63, 3.8) is 0 Å². The van der Waals surface area contributed by atoms with Crippen LogP contribution < -0.4 is 0 Å². The maximum absolute atomic E-state index is 5.33. The lowest BCUT2D eigenvalue weighted by atomic mass is 10.00. The van der Waals surface area contributed by atoms with Gasteiger partial charge in [-0.05, 0) is 40.5 Å². The summed E-state index contributed by atoms with van der Waals surface area (Å²) in [5, 5.41) is 2.33. The largest absolute Gasteiger partial charge is 0.292 e. The first kappa shape index (κ1) is 27.2. The van der Waals surface area contributed by atoms with Crippen molar-refractivity contribution in [2.45, 2.75) is 13.3 Å². The number of hydrogen-bond acceptors (Lipinski definition) is 3. The van der Waals surface area contributed by atoms with Crippen molar-refractivity contribution in [2.24, 2.45) is 4.99 Å². The minimum Gasteiger partial charge on any atom is -0.292 e. The summed E-state index contributed by atoms with van der Waals surface area (Å²) in [6.07, 6.45) is 15.8. The van der Waals surface area contributed by atoms with E-state index < -0.39 is 0 Å². The van der Waals surface area contributed by atoms with E-state index >= 15 is 0 Å². The van der Waals surface area contributed by atoms with Gasteiger partial charge in [-0.2, -0.15) is 0 Å². The number of aliphatic imine (C=N–C) groups is 1. The summed E-state index contributed by atoms with van der Waals surface area (Å²) in [5.74, 6) is 3.29. The highest BCUT2D eigenvalue weighted by Crippen LogP contribution is 2.32. The van der Waals surface area contributed by atoms with Crippen LogP contribution in [0.5, 0.6) is 0 Å². The summed E-state index contributed by atoms with van der Waals surface area (Å²) in [6.45, 7) is 6.82. The van der Waals surface area contributed by atoms with Crippen LogP contribution in [0.3, 0.4) is 0 Å². The van der Waals surface area contributed by atoms with Crippen LogP contribution in [0.1, 0.15) is 24.5 Å². The topological polar surface area (TPSA) is 38.1 Å². The Morgan fingerprint density at radius 2 is 1.59 bits per heavy atom. The number of allylic oxidation sites excluding steroid dienone is 5. The Bertz CT molecular complexity index is 1790. The first-order chi connectivity index (χ1) is 20.2. The molecule has 0 amide bonds. The summed E-state index contributed by atoms with van der Waals surface area (Å²) < 4.78 is 0. The van der Waals surface area contributed by atoms with Gasteiger partial charge in [0.2, 0.25) is 0 Å². The summed E-state index contributed by atoms with van der Waals surface area (Å²) in [5.41, 5.74) is 7.79. The molecule has 0 spiro atoms. The highest BCUT2D eigenvalue weighted by Gasteiger charge is 2.13. The van der Waals surface area contributed by atoms with Gasteiger partial charge in [0.15, 0.2) is 5.82 Å². The van der Waals surface area contributed by atoms with Crippen molar-refractivity contribution in [3.8, 4) is 46.2 Å². The molecule has 0 N–H and O–H groups in total. The van der Waals surface area contributed by atoms with E-state index in [1.54, 1.807) is 0 Å². The van der Waals surface area contributed by atoms with Gasteiger partial charge in [-0.15, -0.1) is 12.3 Å². The Labute approximate surface area is 242 Å². The van der Waals surface area contributed by atoms with Crippen molar-refractivity contribution in [1.29, 1.82) is 0 Å². The van der Waals surface area contributed by atoms with Crippen molar-refractivity contribution in [3.05, 3.63) is 139 Å². The molecule has 0 aliphatic rings. The molecule has 5 aromatic rings. The fourth-order valence-corrected chi connectivity index (χ4v) is 4.56. The molecule has 198 valence electrons. The van der Waals surface area contributed by atoms with Gasteiger partial charge >= 0.3 is 0 Å². The predicted molar refractivity (Wildman–Crippen MR) is 175 cm³/mol. The first-order valence-electron chi connectivity index (χ1n) is 13.7. The molecule has 0 saturated carbocycles. The molecule has 0 aliphatic heterocycles. The highest BCUT2D eigenvalue weighted by molar-refractivity contribution is 5.96. The van der Waals surface area contributed by atoms with E-state index in [2.05, 4.69) is 115 Å². The van der Waals surface area contributed by atoms with Crippen LogP contribution in [-0.2, 0) is 0 Å². The monoisotopic (exact) mass is 529 g/mol. The zero-order valence-electron chi connectivity index (χ0n) is 23.2. The van der Waals surface area contributed by atoms with E-state index in [9.17, 15) is 0 Å². The predicted octanol–water partition coefficient (Wildman–Crippen LogP) is 9.22. The minimum atomic E-state index is 0.625. The van der Waals surface area contributed by atoms with Gasteiger partial charge in [0.05, 0.1) is 11.4 Å². The first-order valence-corrected chi connectivity index (χ1v) is 13.7. The van der Waals surface area contributed by atoms with Crippen LogP contribution in [-0.4, -0.2) is 22.7 Å². The van der Waals surface area contributed by atoms with Gasteiger partial charge in [-0.1, -0.05) is 122 Å². The van der Waals surface area contributed by atoms with Gasteiger partial charge in [0, 0.05) is 35.9 Å². The summed E-state index contributed by atoms with van der Waals surface area (Å²) in [4.78, 5) is 14.5. The normalized spacial score (nSPS) is 11.5. The van der Waals surface area contributed by atoms with Gasteiger partial charge in [0.1, 0.15) is 0 Å². The molecular formula is C38H31N3. The van der Waals surface area contributed by atoms with Gasteiger partial charge in [-0.25, -0.2) is 9.97 Å². The quantitative estimate of drug-likeness (QED) is 0.0826. The van der Waals surface area contributed by atoms with Gasteiger partial charge in [0.25, 0.3) is 0 Å². The highest BCUT2D eigenvalue weighted by atomic mass is 14.9. The lowest BCUT2D eigenvalue weighted by molar-refractivity contribution is 1.04. The van der Waals surface area contributed by atoms with Crippen molar-refractivity contribution >= 4 is 22.6 Å². The summed E-state index contributed by atoms with van der Waals surface area (Å²) in [7, 11) is 0. The molecule has 0 bridgehead atoms. The van der Waals surface area contributed by atoms with Crippen LogP contribution in [0.2, 0.25) is 0 Å². The number of hydrogen-bond donors (Lipinski definition) is 0. The Morgan fingerprint density at radius 3 is 2.37 bits per heavy atom. The molecule has 5 rings (SSSR count). The molecule has 0 saturated heterocycles. The van der Waals surface area contributed by atoms with Crippen molar-refractivity contribution in [2.75, 3.05) is 6.54 Å². The lowest BCUT2D eigenvalue weighted by Gasteiger charge is -2.12. The van der Waals surface area contributed by atoms with Crippen LogP contribution in [0, 0.1) is 12.3 Å². The number of aromatic nitrogens is 2. The Balaban J connectivity index is 1.56. The van der Waals surface area contributed by atoms with Crippen LogP contribution >= 0.6 is 0 Å². The van der Waals surface area contributed by atoms with Crippen LogP contribution in [0.15, 0.2) is 133 Å². The molecule has 4 aromatic carbocycles. The number of fused-ring (bicyclic) bond motifs is 1. The molecule has 0 fully saturated rings. The number of rotatable bonds is 9. The average Bonchev–Trinajstić information content (AvgIpc) is 3.03. The zero-order valence-corrected chi connectivity index (χ0v) is 23.2. The van der Waals surface area contributed by atoms with Crippen LogP contribution in [0.4, 0.5) is 0 Å². The third-order valence-corrected chi connectivity index (χ3v) is 6.74. The minimum absolute atomic E-state index is 0.625. The second kappa shape index (κ2) is 13.2. The molecule has 0 atom stereocenters. The maximum atomic E-state index is 5.33. The summed E-state index contributed by atoms with van der Waals surface area (Å²) >= 11 is 0. The van der Waals surface area contributed by atoms with Crippen LogP contribution in [0.25, 0.3) is 50.2 Å². The summed E-state index contributed by atoms with van der Waals surface area (Å²) in [6, 6.07) is 33.3. The molecule has 3 heteroatoms. The van der Waals surface area contributed by atoms with Crippen molar-refractivity contribution < 1.29 is 0 Å². The van der Waals surface area contributed by atoms with E-state index in [1.165, 1.54) is 5.39 Å². The van der Waals surface area contributed by atoms with E-state index in [0.717, 1.165) is 50.2 Å². The standard InChI is InChI=1S/C38H31N3/c1-4-6-8-12-28(3)30-21-23-33(24-22-30)38-40-36(32-19-17-29(18-20-32)27-39-25-7-5-2)26-37(41-38)35-16-11-14-31-13-9-10-15-34(31)35/h2,4,6,8-24,26-27H,3,7,25H2,1H3/b6-4-,12-8-,39-27?. The third kappa shape index (κ3) is 6.64. The molecule has 0 unspecified atom stereocenters. The van der Waals surface area contributed by atoms with E-state index in [1.807, 2.05) is 37.4 Å². The molecular weight excluding hydrogens is 498 g/mol. The van der Waals surface area contributed by atoms with Crippen molar-refractivity contribution in [1.82, 2.24) is 9.97 Å². The van der Waals surface area contributed by atoms with Gasteiger partial charge < -0.3 is 0 Å². The maximum Gasteiger partial charge on any atom is 0.160 e. The van der Waals surface area contributed by atoms with E-state index in [0.29, 0.717) is 18.8 Å². The Kier molecular flexibility index (Phi) is 8.74. The Morgan fingerprint density at radius 1 is 0.854 bits per heavy atom. The van der Waals surface area contributed by atoms with E-state index in [4.69, 9.17) is 16.4 Å². The third-order valence-electron chi connectivity index (χ3n) is 6.74. The fraction of sp³-hybridized carbons (Fsp3) is 0.0789. The number of benzene rings is 4. The molecule has 0 aliphatic carbocycles. The van der Waals surface area contributed by atoms with E-state index in [-0.39, 0.29) is 0 Å². The fourth-order valence-electron chi connectivity index (χ4n) is 4.56. The molecule has 41 heavy (non-hydrogen) atoms. The zero-order chi connectivity index (χ0) is 28.4. The Hall–Kier alpha value is -5.33. The number of terminal acetylenes is 1. The van der Waals surface area contributed by atoms with Gasteiger partial charge in [-0.3, -0.25) is 4.99 Å². The molecule has 1 aromatic heterocycles. The number of nitrogens with zero attached hydrogens (tertiary/aromatic N) is 3. The molecule has 0 radical (unpaired) electrons. The average molecular weight is 530 g/mol. The molecule has 1 heterocycles. The molecule has 3 nitrogen and oxygen atoms in total.